The van der Waals surface area contributed by atoms with E-state index in [0.717, 1.165) is 11.3 Å². The molecule has 1 aromatic heterocycles. The second-order valence-electron chi connectivity index (χ2n) is 4.25. The van der Waals surface area contributed by atoms with Gasteiger partial charge in [0, 0.05) is 23.9 Å². The van der Waals surface area contributed by atoms with Crippen LogP contribution in [0.1, 0.15) is 11.3 Å². The van der Waals surface area contributed by atoms with E-state index in [2.05, 4.69) is 14.9 Å². The van der Waals surface area contributed by atoms with Gasteiger partial charge in [0.1, 0.15) is 10.6 Å². The first-order valence-corrected chi connectivity index (χ1v) is 7.34. The highest BCUT2D eigenvalue weighted by Gasteiger charge is 2.18. The van der Waals surface area contributed by atoms with Gasteiger partial charge in [-0.2, -0.15) is 5.10 Å². The minimum atomic E-state index is -3.68. The zero-order valence-electron chi connectivity index (χ0n) is 11.2. The summed E-state index contributed by atoms with van der Waals surface area (Å²) in [6.07, 6.45) is 1.58. The number of H-pyrrole nitrogens is 1. The van der Waals surface area contributed by atoms with E-state index in [4.69, 9.17) is 10.5 Å². The third-order valence-corrected chi connectivity index (χ3v) is 4.37. The zero-order chi connectivity index (χ0) is 14.8. The van der Waals surface area contributed by atoms with Gasteiger partial charge in [-0.15, -0.1) is 0 Å². The van der Waals surface area contributed by atoms with Crippen molar-refractivity contribution in [3.05, 3.63) is 35.7 Å². The molecule has 4 N–H and O–H groups in total. The highest BCUT2D eigenvalue weighted by molar-refractivity contribution is 7.89. The summed E-state index contributed by atoms with van der Waals surface area (Å²) >= 11 is 0. The molecule has 0 aliphatic rings. The molecule has 0 amide bonds. The molecule has 20 heavy (non-hydrogen) atoms. The lowest BCUT2D eigenvalue weighted by atomic mass is 10.3. The minimum Gasteiger partial charge on any atom is -0.497 e. The average Bonchev–Trinajstić information content (AvgIpc) is 2.81. The molecule has 0 saturated heterocycles. The number of hydrogen-bond acceptors (Lipinski definition) is 5. The largest absolute Gasteiger partial charge is 0.497 e. The molecule has 0 bridgehead atoms. The summed E-state index contributed by atoms with van der Waals surface area (Å²) in [6, 6.07) is 4.43. The molecule has 0 saturated carbocycles. The number of aromatic amines is 1. The summed E-state index contributed by atoms with van der Waals surface area (Å²) in [5.41, 5.74) is 7.48. The number of methoxy groups -OCH3 is 1. The highest BCUT2D eigenvalue weighted by Crippen LogP contribution is 2.23. The number of benzene rings is 1. The van der Waals surface area contributed by atoms with E-state index in [1.807, 2.05) is 6.92 Å². The van der Waals surface area contributed by atoms with Crippen LogP contribution < -0.4 is 15.2 Å². The molecule has 2 aromatic rings. The van der Waals surface area contributed by atoms with Crippen molar-refractivity contribution in [1.82, 2.24) is 14.9 Å². The Bertz CT molecular complexity index is 709. The van der Waals surface area contributed by atoms with Crippen LogP contribution in [0.15, 0.2) is 29.3 Å². The highest BCUT2D eigenvalue weighted by atomic mass is 32.2. The average molecular weight is 296 g/mol. The second-order valence-corrected chi connectivity index (χ2v) is 5.98. The smallest absolute Gasteiger partial charge is 0.242 e. The van der Waals surface area contributed by atoms with E-state index >= 15 is 0 Å². The van der Waals surface area contributed by atoms with Gasteiger partial charge >= 0.3 is 0 Å². The van der Waals surface area contributed by atoms with Crippen LogP contribution in [0, 0.1) is 6.92 Å². The Morgan fingerprint density at radius 3 is 2.75 bits per heavy atom. The van der Waals surface area contributed by atoms with Gasteiger partial charge in [-0.3, -0.25) is 5.10 Å². The lowest BCUT2D eigenvalue weighted by Gasteiger charge is -2.10. The van der Waals surface area contributed by atoms with Crippen molar-refractivity contribution in [3.8, 4) is 5.75 Å². The van der Waals surface area contributed by atoms with Crippen LogP contribution in [-0.4, -0.2) is 25.7 Å². The molecule has 0 aliphatic heterocycles. The van der Waals surface area contributed by atoms with Gasteiger partial charge in [-0.1, -0.05) is 0 Å². The summed E-state index contributed by atoms with van der Waals surface area (Å²) in [7, 11) is -2.19. The Balaban J connectivity index is 2.20. The number of hydrogen-bond donors (Lipinski definition) is 3. The number of nitrogen functional groups attached to an aromatic ring is 1. The summed E-state index contributed by atoms with van der Waals surface area (Å²) in [4.78, 5) is 0.0273. The van der Waals surface area contributed by atoms with E-state index in [1.165, 1.54) is 19.2 Å². The van der Waals surface area contributed by atoms with Crippen LogP contribution in [0.4, 0.5) is 5.69 Å². The van der Waals surface area contributed by atoms with E-state index < -0.39 is 10.0 Å². The predicted molar refractivity (Wildman–Crippen MR) is 74.8 cm³/mol. The monoisotopic (exact) mass is 296 g/mol. The summed E-state index contributed by atoms with van der Waals surface area (Å²) < 4.78 is 31.9. The van der Waals surface area contributed by atoms with E-state index in [0.29, 0.717) is 5.75 Å². The van der Waals surface area contributed by atoms with Gasteiger partial charge in [0.05, 0.1) is 19.0 Å². The zero-order valence-corrected chi connectivity index (χ0v) is 12.0. The predicted octanol–water partition coefficient (Wildman–Crippen LogP) is 0.787. The van der Waals surface area contributed by atoms with E-state index in [9.17, 15) is 8.42 Å². The number of nitrogens with zero attached hydrogens (tertiary/aromatic N) is 1. The molecule has 0 radical (unpaired) electrons. The van der Waals surface area contributed by atoms with Gasteiger partial charge in [0.2, 0.25) is 10.0 Å². The van der Waals surface area contributed by atoms with Gasteiger partial charge < -0.3 is 10.5 Å². The summed E-state index contributed by atoms with van der Waals surface area (Å²) in [5.74, 6) is 0.507. The second kappa shape index (κ2) is 5.51. The minimum absolute atomic E-state index is 0.0273. The molecule has 0 aliphatic carbocycles. The number of aromatic nitrogens is 2. The van der Waals surface area contributed by atoms with Crippen LogP contribution in [0.25, 0.3) is 0 Å². The third kappa shape index (κ3) is 2.91. The molecular formula is C12H16N4O3S. The van der Waals surface area contributed by atoms with Crippen LogP contribution in [0.5, 0.6) is 5.75 Å². The molecule has 1 aromatic carbocycles. The molecular weight excluding hydrogens is 280 g/mol. The third-order valence-electron chi connectivity index (χ3n) is 2.89. The first-order chi connectivity index (χ1) is 9.44. The van der Waals surface area contributed by atoms with Crippen molar-refractivity contribution in [3.63, 3.8) is 0 Å². The van der Waals surface area contributed by atoms with Gasteiger partial charge in [-0.05, 0) is 19.1 Å². The van der Waals surface area contributed by atoms with Crippen LogP contribution in [0.3, 0.4) is 0 Å². The van der Waals surface area contributed by atoms with Crippen molar-refractivity contribution in [2.24, 2.45) is 0 Å². The normalized spacial score (nSPS) is 11.5. The SMILES string of the molecule is COc1ccc(S(=O)(=O)NCc2cn[nH]c2C)c(N)c1. The molecule has 108 valence electrons. The fourth-order valence-electron chi connectivity index (χ4n) is 1.70. The number of nitrogens with one attached hydrogen (secondary N) is 2. The first kappa shape index (κ1) is 14.4. The van der Waals surface area contributed by atoms with Crippen LogP contribution in [0.2, 0.25) is 0 Å². The molecule has 2 rings (SSSR count). The maximum atomic E-state index is 12.2. The maximum Gasteiger partial charge on any atom is 0.242 e. The number of sulfonamides is 1. The molecule has 8 heteroatoms. The fourth-order valence-corrected chi connectivity index (χ4v) is 2.82. The van der Waals surface area contributed by atoms with E-state index in [-0.39, 0.29) is 17.1 Å². The standard InChI is InChI=1S/C12H16N4O3S/c1-8-9(6-14-16-8)7-15-20(17,18)12-4-3-10(19-2)5-11(12)13/h3-6,15H,7,13H2,1-2H3,(H,14,16). The number of rotatable bonds is 5. The molecule has 0 fully saturated rings. The van der Waals surface area contributed by atoms with Gasteiger partial charge in [0.15, 0.2) is 0 Å². The van der Waals surface area contributed by atoms with Crippen molar-refractivity contribution in [2.45, 2.75) is 18.4 Å². The van der Waals surface area contributed by atoms with Crippen LogP contribution in [-0.2, 0) is 16.6 Å². The molecule has 7 nitrogen and oxygen atoms in total. The number of ether oxygens (including phenoxy) is 1. The number of anilines is 1. The Kier molecular flexibility index (Phi) is 3.96. The molecule has 0 spiro atoms. The Morgan fingerprint density at radius 2 is 2.20 bits per heavy atom. The molecule has 0 unspecified atom stereocenters. The quantitative estimate of drug-likeness (QED) is 0.706. The first-order valence-electron chi connectivity index (χ1n) is 5.86. The Hall–Kier alpha value is -2.06. The van der Waals surface area contributed by atoms with Crippen molar-refractivity contribution >= 4 is 15.7 Å². The topological polar surface area (TPSA) is 110 Å². The molecule has 0 atom stereocenters. The number of aryl methyl sites for hydroxylation is 1. The van der Waals surface area contributed by atoms with Crippen molar-refractivity contribution < 1.29 is 13.2 Å². The van der Waals surface area contributed by atoms with Gasteiger partial charge in [0.25, 0.3) is 0 Å². The Labute approximate surface area is 117 Å². The number of nitrogens with two attached hydrogens (primary N) is 1. The lowest BCUT2D eigenvalue weighted by molar-refractivity contribution is 0.414. The van der Waals surface area contributed by atoms with Crippen molar-refractivity contribution in [1.29, 1.82) is 0 Å². The van der Waals surface area contributed by atoms with Gasteiger partial charge in [-0.25, -0.2) is 13.1 Å². The van der Waals surface area contributed by atoms with Crippen molar-refractivity contribution in [2.75, 3.05) is 12.8 Å². The molecule has 1 heterocycles. The lowest BCUT2D eigenvalue weighted by Crippen LogP contribution is -2.24. The maximum absolute atomic E-state index is 12.2. The summed E-state index contributed by atoms with van der Waals surface area (Å²) in [6.45, 7) is 1.97. The van der Waals surface area contributed by atoms with Crippen LogP contribution >= 0.6 is 0 Å². The Morgan fingerprint density at radius 1 is 1.45 bits per heavy atom. The summed E-state index contributed by atoms with van der Waals surface area (Å²) in [5, 5.41) is 6.58. The fraction of sp³-hybridized carbons (Fsp3) is 0.250. The van der Waals surface area contributed by atoms with E-state index in [1.54, 1.807) is 12.3 Å².